The summed E-state index contributed by atoms with van der Waals surface area (Å²) in [6.07, 6.45) is 2.98. The van der Waals surface area contributed by atoms with Crippen molar-refractivity contribution in [2.75, 3.05) is 17.6 Å². The van der Waals surface area contributed by atoms with E-state index in [2.05, 4.69) is 15.7 Å². The third kappa shape index (κ3) is 2.69. The Balaban J connectivity index is 1.93. The number of carbonyl (C=O) groups is 1. The molecule has 17 heavy (non-hydrogen) atoms. The van der Waals surface area contributed by atoms with E-state index in [1.807, 2.05) is 14.0 Å². The van der Waals surface area contributed by atoms with E-state index >= 15 is 0 Å². The normalized spacial score (nSPS) is 14.7. The number of nitrogens with zero attached hydrogens (tertiary/aromatic N) is 2. The quantitative estimate of drug-likeness (QED) is 0.685. The molecule has 1 aliphatic rings. The fourth-order valence-corrected chi connectivity index (χ4v) is 1.74. The largest absolute Gasteiger partial charge is 0.394 e. The lowest BCUT2D eigenvalue weighted by atomic mass is 10.3. The molecule has 1 fully saturated rings. The van der Waals surface area contributed by atoms with Crippen LogP contribution in [0.2, 0.25) is 0 Å². The summed E-state index contributed by atoms with van der Waals surface area (Å²) in [7, 11) is 1.82. The van der Waals surface area contributed by atoms with E-state index in [4.69, 9.17) is 5.73 Å². The van der Waals surface area contributed by atoms with Crippen molar-refractivity contribution in [2.45, 2.75) is 32.2 Å². The first-order valence-corrected chi connectivity index (χ1v) is 5.96. The molecule has 4 N–H and O–H groups in total. The van der Waals surface area contributed by atoms with Crippen LogP contribution in [0, 0.1) is 0 Å². The maximum absolute atomic E-state index is 11.5. The molecular weight excluding hydrogens is 218 g/mol. The number of rotatable bonds is 5. The third-order valence-electron chi connectivity index (χ3n) is 2.85. The molecule has 1 aliphatic carbocycles. The number of nitrogens with one attached hydrogen (secondary N) is 2. The van der Waals surface area contributed by atoms with E-state index in [9.17, 15) is 4.79 Å². The van der Waals surface area contributed by atoms with Gasteiger partial charge < -0.3 is 16.4 Å². The molecular formula is C11H19N5O. The van der Waals surface area contributed by atoms with E-state index in [1.54, 1.807) is 4.68 Å². The Kier molecular flexibility index (Phi) is 3.21. The number of anilines is 2. The van der Waals surface area contributed by atoms with Crippen molar-refractivity contribution >= 4 is 17.4 Å². The number of hydrogen-bond donors (Lipinski definition) is 3. The Morgan fingerprint density at radius 2 is 2.29 bits per heavy atom. The summed E-state index contributed by atoms with van der Waals surface area (Å²) in [5.41, 5.74) is 7.43. The molecule has 2 rings (SSSR count). The SMILES string of the molecule is CCc1nn(C)c(NCC(=O)NC2CC2)c1N. The van der Waals surface area contributed by atoms with Gasteiger partial charge in [0.15, 0.2) is 0 Å². The highest BCUT2D eigenvalue weighted by atomic mass is 16.2. The average Bonchev–Trinajstić information content (AvgIpc) is 3.04. The van der Waals surface area contributed by atoms with Crippen LogP contribution in [0.3, 0.4) is 0 Å². The Labute approximate surface area is 101 Å². The van der Waals surface area contributed by atoms with Gasteiger partial charge in [-0.15, -0.1) is 0 Å². The van der Waals surface area contributed by atoms with E-state index in [0.717, 1.165) is 25.0 Å². The monoisotopic (exact) mass is 237 g/mol. The van der Waals surface area contributed by atoms with Gasteiger partial charge in [0.2, 0.25) is 5.91 Å². The minimum absolute atomic E-state index is 0.00569. The summed E-state index contributed by atoms with van der Waals surface area (Å²) < 4.78 is 1.68. The van der Waals surface area contributed by atoms with Crippen molar-refractivity contribution in [1.29, 1.82) is 0 Å². The second-order valence-electron chi connectivity index (χ2n) is 4.38. The lowest BCUT2D eigenvalue weighted by molar-refractivity contribution is -0.119. The highest BCUT2D eigenvalue weighted by molar-refractivity contribution is 5.82. The Morgan fingerprint density at radius 1 is 1.59 bits per heavy atom. The van der Waals surface area contributed by atoms with Crippen LogP contribution in [-0.2, 0) is 18.3 Å². The van der Waals surface area contributed by atoms with Gasteiger partial charge in [-0.25, -0.2) is 0 Å². The molecule has 0 unspecified atom stereocenters. The molecule has 0 atom stereocenters. The molecule has 1 aromatic heterocycles. The number of carbonyl (C=O) groups excluding carboxylic acids is 1. The van der Waals surface area contributed by atoms with E-state index in [0.29, 0.717) is 17.5 Å². The van der Waals surface area contributed by atoms with Gasteiger partial charge in [0.05, 0.1) is 17.9 Å². The molecule has 1 aromatic rings. The Bertz CT molecular complexity index is 422. The molecule has 0 aromatic carbocycles. The van der Waals surface area contributed by atoms with E-state index in [-0.39, 0.29) is 12.5 Å². The van der Waals surface area contributed by atoms with Crippen LogP contribution >= 0.6 is 0 Å². The minimum Gasteiger partial charge on any atom is -0.394 e. The second-order valence-corrected chi connectivity index (χ2v) is 4.38. The highest BCUT2D eigenvalue weighted by Crippen LogP contribution is 2.22. The fourth-order valence-electron chi connectivity index (χ4n) is 1.74. The predicted molar refractivity (Wildman–Crippen MR) is 66.7 cm³/mol. The summed E-state index contributed by atoms with van der Waals surface area (Å²) in [6.45, 7) is 2.24. The fraction of sp³-hybridized carbons (Fsp3) is 0.636. The summed E-state index contributed by atoms with van der Waals surface area (Å²) in [5.74, 6) is 0.721. The maximum Gasteiger partial charge on any atom is 0.239 e. The number of nitrogens with two attached hydrogens (primary N) is 1. The Hall–Kier alpha value is -1.72. The van der Waals surface area contributed by atoms with Crippen LogP contribution < -0.4 is 16.4 Å². The molecule has 0 bridgehead atoms. The lowest BCUT2D eigenvalue weighted by Crippen LogP contribution is -2.31. The van der Waals surface area contributed by atoms with Crippen LogP contribution in [0.5, 0.6) is 0 Å². The van der Waals surface area contributed by atoms with Gasteiger partial charge in [-0.2, -0.15) is 5.10 Å². The summed E-state index contributed by atoms with van der Waals surface area (Å²) in [6, 6.07) is 0.388. The molecule has 0 aliphatic heterocycles. The predicted octanol–water partition coefficient (Wildman–Crippen LogP) is 0.255. The topological polar surface area (TPSA) is 85.0 Å². The van der Waals surface area contributed by atoms with Gasteiger partial charge in [-0.1, -0.05) is 6.92 Å². The second kappa shape index (κ2) is 4.65. The number of nitrogen functional groups attached to an aromatic ring is 1. The molecule has 0 saturated heterocycles. The first-order valence-electron chi connectivity index (χ1n) is 5.96. The molecule has 6 nitrogen and oxygen atoms in total. The molecule has 0 radical (unpaired) electrons. The average molecular weight is 237 g/mol. The number of aryl methyl sites for hydroxylation is 2. The highest BCUT2D eigenvalue weighted by Gasteiger charge is 2.23. The van der Waals surface area contributed by atoms with Gasteiger partial charge in [-0.3, -0.25) is 9.48 Å². The number of aromatic nitrogens is 2. The van der Waals surface area contributed by atoms with Crippen molar-refractivity contribution in [3.05, 3.63) is 5.69 Å². The van der Waals surface area contributed by atoms with Gasteiger partial charge in [0, 0.05) is 13.1 Å². The van der Waals surface area contributed by atoms with Crippen molar-refractivity contribution < 1.29 is 4.79 Å². The molecule has 0 spiro atoms. The molecule has 1 saturated carbocycles. The van der Waals surface area contributed by atoms with Gasteiger partial charge in [0.1, 0.15) is 5.82 Å². The van der Waals surface area contributed by atoms with Gasteiger partial charge >= 0.3 is 0 Å². The standard InChI is InChI=1S/C11H19N5O/c1-3-8-10(12)11(16(2)15-8)13-6-9(17)14-7-4-5-7/h7,13H,3-6,12H2,1-2H3,(H,14,17). The zero-order chi connectivity index (χ0) is 12.4. The third-order valence-corrected chi connectivity index (χ3v) is 2.85. The smallest absolute Gasteiger partial charge is 0.239 e. The van der Waals surface area contributed by atoms with Crippen molar-refractivity contribution in [3.63, 3.8) is 0 Å². The van der Waals surface area contributed by atoms with Crippen LogP contribution in [0.4, 0.5) is 11.5 Å². The van der Waals surface area contributed by atoms with Crippen molar-refractivity contribution in [1.82, 2.24) is 15.1 Å². The summed E-state index contributed by atoms with van der Waals surface area (Å²) in [5, 5.41) is 10.2. The van der Waals surface area contributed by atoms with Crippen LogP contribution in [0.15, 0.2) is 0 Å². The molecule has 1 amide bonds. The summed E-state index contributed by atoms with van der Waals surface area (Å²) in [4.78, 5) is 11.5. The Morgan fingerprint density at radius 3 is 2.82 bits per heavy atom. The van der Waals surface area contributed by atoms with Crippen LogP contribution in [-0.4, -0.2) is 28.3 Å². The van der Waals surface area contributed by atoms with Crippen LogP contribution in [0.1, 0.15) is 25.5 Å². The molecule has 1 heterocycles. The van der Waals surface area contributed by atoms with E-state index < -0.39 is 0 Å². The van der Waals surface area contributed by atoms with Crippen molar-refractivity contribution in [2.24, 2.45) is 7.05 Å². The first-order chi connectivity index (χ1) is 8.11. The van der Waals surface area contributed by atoms with Gasteiger partial charge in [0.25, 0.3) is 0 Å². The zero-order valence-corrected chi connectivity index (χ0v) is 10.3. The van der Waals surface area contributed by atoms with E-state index in [1.165, 1.54) is 0 Å². The van der Waals surface area contributed by atoms with Gasteiger partial charge in [-0.05, 0) is 19.3 Å². The maximum atomic E-state index is 11.5. The molecule has 94 valence electrons. The van der Waals surface area contributed by atoms with Crippen LogP contribution in [0.25, 0.3) is 0 Å². The lowest BCUT2D eigenvalue weighted by Gasteiger charge is -2.07. The first kappa shape index (κ1) is 11.8. The number of hydrogen-bond acceptors (Lipinski definition) is 4. The number of amides is 1. The summed E-state index contributed by atoms with van der Waals surface area (Å²) >= 11 is 0. The minimum atomic E-state index is 0.00569. The zero-order valence-electron chi connectivity index (χ0n) is 10.3. The molecule has 6 heteroatoms. The van der Waals surface area contributed by atoms with Crippen molar-refractivity contribution in [3.8, 4) is 0 Å².